The second-order valence-electron chi connectivity index (χ2n) is 5.25. The Balaban J connectivity index is 1.86. The second-order valence-corrected chi connectivity index (χ2v) is 5.25. The quantitative estimate of drug-likeness (QED) is 0.807. The van der Waals surface area contributed by atoms with Crippen LogP contribution in [0.25, 0.3) is 10.9 Å². The zero-order chi connectivity index (χ0) is 11.7. The molecule has 90 valence electrons. The van der Waals surface area contributed by atoms with Gasteiger partial charge in [-0.15, -0.1) is 0 Å². The van der Waals surface area contributed by atoms with Crippen molar-refractivity contribution in [2.24, 2.45) is 11.7 Å². The SMILES string of the molecule is N[C@H](c1ccc2[nH]ccc2c1)C1CCCCC1. The predicted octanol–water partition coefficient (Wildman–Crippen LogP) is 3.75. The third-order valence-corrected chi connectivity index (χ3v) is 4.12. The van der Waals surface area contributed by atoms with Gasteiger partial charge >= 0.3 is 0 Å². The lowest BCUT2D eigenvalue weighted by Gasteiger charge is -2.27. The van der Waals surface area contributed by atoms with Crippen LogP contribution in [0.1, 0.15) is 43.7 Å². The summed E-state index contributed by atoms with van der Waals surface area (Å²) in [6, 6.07) is 8.90. The van der Waals surface area contributed by atoms with Crippen molar-refractivity contribution in [2.75, 3.05) is 0 Å². The van der Waals surface area contributed by atoms with Gasteiger partial charge in [0.15, 0.2) is 0 Å². The molecule has 0 spiro atoms. The number of nitrogens with two attached hydrogens (primary N) is 1. The number of aromatic nitrogens is 1. The first-order valence-electron chi connectivity index (χ1n) is 6.67. The zero-order valence-corrected chi connectivity index (χ0v) is 10.2. The molecule has 1 aliphatic rings. The molecule has 1 atom stereocenters. The maximum atomic E-state index is 6.42. The van der Waals surface area contributed by atoms with E-state index in [1.165, 1.54) is 48.6 Å². The highest BCUT2D eigenvalue weighted by Gasteiger charge is 2.21. The second kappa shape index (κ2) is 4.53. The fraction of sp³-hybridized carbons (Fsp3) is 0.467. The van der Waals surface area contributed by atoms with E-state index in [0.717, 1.165) is 0 Å². The van der Waals surface area contributed by atoms with Gasteiger partial charge in [0.1, 0.15) is 0 Å². The number of aromatic amines is 1. The van der Waals surface area contributed by atoms with E-state index < -0.39 is 0 Å². The molecule has 1 fully saturated rings. The Labute approximate surface area is 102 Å². The lowest BCUT2D eigenvalue weighted by Crippen LogP contribution is -2.23. The lowest BCUT2D eigenvalue weighted by atomic mass is 9.81. The Hall–Kier alpha value is -1.28. The average Bonchev–Trinajstić information content (AvgIpc) is 2.86. The highest BCUT2D eigenvalue weighted by atomic mass is 14.7. The summed E-state index contributed by atoms with van der Waals surface area (Å²) in [6.45, 7) is 0. The zero-order valence-electron chi connectivity index (χ0n) is 10.2. The van der Waals surface area contributed by atoms with Crippen LogP contribution in [0, 0.1) is 5.92 Å². The molecule has 1 aromatic heterocycles. The molecule has 1 aromatic carbocycles. The van der Waals surface area contributed by atoms with Crippen LogP contribution in [0.2, 0.25) is 0 Å². The van der Waals surface area contributed by atoms with Gasteiger partial charge in [0, 0.05) is 17.8 Å². The first kappa shape index (κ1) is 10.8. The van der Waals surface area contributed by atoms with Crippen molar-refractivity contribution in [3.05, 3.63) is 36.0 Å². The van der Waals surface area contributed by atoms with Crippen LogP contribution in [0.5, 0.6) is 0 Å². The van der Waals surface area contributed by atoms with Crippen molar-refractivity contribution < 1.29 is 0 Å². The standard InChI is InChI=1S/C15H20N2/c16-15(11-4-2-1-3-5-11)13-6-7-14-12(10-13)8-9-17-14/h6-11,15,17H,1-5,16H2/t15-/m0/s1. The van der Waals surface area contributed by atoms with Crippen molar-refractivity contribution in [1.82, 2.24) is 4.98 Å². The molecule has 1 aliphatic carbocycles. The van der Waals surface area contributed by atoms with Crippen LogP contribution in [0.15, 0.2) is 30.5 Å². The van der Waals surface area contributed by atoms with Gasteiger partial charge in [-0.2, -0.15) is 0 Å². The Bertz CT molecular complexity index is 494. The van der Waals surface area contributed by atoms with E-state index in [9.17, 15) is 0 Å². The fourth-order valence-electron chi connectivity index (χ4n) is 3.04. The summed E-state index contributed by atoms with van der Waals surface area (Å²) in [5.41, 5.74) is 8.91. The third-order valence-electron chi connectivity index (χ3n) is 4.12. The molecule has 2 aromatic rings. The van der Waals surface area contributed by atoms with Crippen molar-refractivity contribution in [3.63, 3.8) is 0 Å². The summed E-state index contributed by atoms with van der Waals surface area (Å²) in [5, 5.41) is 1.27. The molecule has 0 bridgehead atoms. The van der Waals surface area contributed by atoms with Crippen LogP contribution in [-0.4, -0.2) is 4.98 Å². The summed E-state index contributed by atoms with van der Waals surface area (Å²) in [7, 11) is 0. The minimum atomic E-state index is 0.217. The molecule has 3 rings (SSSR count). The number of benzene rings is 1. The fourth-order valence-corrected chi connectivity index (χ4v) is 3.04. The number of nitrogens with one attached hydrogen (secondary N) is 1. The number of rotatable bonds is 2. The number of hydrogen-bond acceptors (Lipinski definition) is 1. The number of hydrogen-bond donors (Lipinski definition) is 2. The normalized spacial score (nSPS) is 19.6. The summed E-state index contributed by atoms with van der Waals surface area (Å²) >= 11 is 0. The van der Waals surface area contributed by atoms with Crippen molar-refractivity contribution >= 4 is 10.9 Å². The maximum absolute atomic E-state index is 6.42. The molecule has 1 heterocycles. The van der Waals surface area contributed by atoms with Gasteiger partial charge < -0.3 is 10.7 Å². The smallest absolute Gasteiger partial charge is 0.0454 e. The van der Waals surface area contributed by atoms with Gasteiger partial charge in [-0.1, -0.05) is 25.3 Å². The molecule has 3 N–H and O–H groups in total. The highest BCUT2D eigenvalue weighted by molar-refractivity contribution is 5.80. The third kappa shape index (κ3) is 2.09. The Morgan fingerprint density at radius 2 is 1.94 bits per heavy atom. The van der Waals surface area contributed by atoms with Gasteiger partial charge in [0.25, 0.3) is 0 Å². The van der Waals surface area contributed by atoms with Gasteiger partial charge in [0.2, 0.25) is 0 Å². The van der Waals surface area contributed by atoms with Crippen LogP contribution in [-0.2, 0) is 0 Å². The Morgan fingerprint density at radius 1 is 1.12 bits per heavy atom. The predicted molar refractivity (Wildman–Crippen MR) is 71.8 cm³/mol. The molecule has 1 saturated carbocycles. The Morgan fingerprint density at radius 3 is 2.76 bits per heavy atom. The molecule has 0 saturated heterocycles. The monoisotopic (exact) mass is 228 g/mol. The molecule has 0 unspecified atom stereocenters. The number of fused-ring (bicyclic) bond motifs is 1. The topological polar surface area (TPSA) is 41.8 Å². The molecule has 0 radical (unpaired) electrons. The van der Waals surface area contributed by atoms with E-state index in [0.29, 0.717) is 5.92 Å². The minimum Gasteiger partial charge on any atom is -0.361 e. The number of H-pyrrole nitrogens is 1. The van der Waals surface area contributed by atoms with Crippen molar-refractivity contribution in [1.29, 1.82) is 0 Å². The van der Waals surface area contributed by atoms with Gasteiger partial charge in [0.05, 0.1) is 0 Å². The Kier molecular flexibility index (Phi) is 2.89. The van der Waals surface area contributed by atoms with Crippen LogP contribution in [0.4, 0.5) is 0 Å². The molecule has 2 nitrogen and oxygen atoms in total. The van der Waals surface area contributed by atoms with E-state index in [-0.39, 0.29) is 6.04 Å². The summed E-state index contributed by atoms with van der Waals surface area (Å²) < 4.78 is 0. The van der Waals surface area contributed by atoms with Crippen LogP contribution < -0.4 is 5.73 Å². The van der Waals surface area contributed by atoms with E-state index in [4.69, 9.17) is 5.73 Å². The molecular weight excluding hydrogens is 208 g/mol. The van der Waals surface area contributed by atoms with Gasteiger partial charge in [-0.05, 0) is 47.9 Å². The first-order valence-corrected chi connectivity index (χ1v) is 6.67. The molecule has 0 amide bonds. The molecule has 17 heavy (non-hydrogen) atoms. The summed E-state index contributed by atoms with van der Waals surface area (Å²) in [5.74, 6) is 0.681. The maximum Gasteiger partial charge on any atom is 0.0454 e. The highest BCUT2D eigenvalue weighted by Crippen LogP contribution is 2.33. The summed E-state index contributed by atoms with van der Waals surface area (Å²) in [6.07, 6.45) is 8.68. The molecule has 2 heteroatoms. The van der Waals surface area contributed by atoms with Crippen molar-refractivity contribution in [2.45, 2.75) is 38.1 Å². The van der Waals surface area contributed by atoms with Crippen LogP contribution in [0.3, 0.4) is 0 Å². The first-order chi connectivity index (χ1) is 8.34. The summed E-state index contributed by atoms with van der Waals surface area (Å²) in [4.78, 5) is 3.22. The average molecular weight is 228 g/mol. The van der Waals surface area contributed by atoms with E-state index in [1.54, 1.807) is 0 Å². The largest absolute Gasteiger partial charge is 0.361 e. The van der Waals surface area contributed by atoms with Crippen LogP contribution >= 0.6 is 0 Å². The van der Waals surface area contributed by atoms with Gasteiger partial charge in [-0.3, -0.25) is 0 Å². The van der Waals surface area contributed by atoms with Gasteiger partial charge in [-0.25, -0.2) is 0 Å². The molecule has 0 aliphatic heterocycles. The van der Waals surface area contributed by atoms with E-state index >= 15 is 0 Å². The van der Waals surface area contributed by atoms with E-state index in [2.05, 4.69) is 29.2 Å². The van der Waals surface area contributed by atoms with Crippen molar-refractivity contribution in [3.8, 4) is 0 Å². The van der Waals surface area contributed by atoms with E-state index in [1.807, 2.05) is 6.20 Å². The molecular formula is C15H20N2. The minimum absolute atomic E-state index is 0.217. The lowest BCUT2D eigenvalue weighted by molar-refractivity contribution is 0.308.